The zero-order chi connectivity index (χ0) is 20.4. The maximum absolute atomic E-state index is 13.4. The number of nitrogens with zero attached hydrogens (tertiary/aromatic N) is 4. The average Bonchev–Trinajstić information content (AvgIpc) is 2.92. The molecule has 1 aliphatic rings. The molecule has 0 saturated carbocycles. The number of benzene rings is 1. The van der Waals surface area contributed by atoms with E-state index in [1.165, 1.54) is 24.4 Å². The van der Waals surface area contributed by atoms with Crippen LogP contribution in [0.15, 0.2) is 48.7 Å². The highest BCUT2D eigenvalue weighted by atomic mass is 35.5. The molecular weight excluding hydrogens is 420 g/mol. The van der Waals surface area contributed by atoms with E-state index in [9.17, 15) is 17.6 Å². The minimum absolute atomic E-state index is 0. The summed E-state index contributed by atoms with van der Waals surface area (Å²) >= 11 is 0. The summed E-state index contributed by atoms with van der Waals surface area (Å²) in [6, 6.07) is 10.5. The van der Waals surface area contributed by atoms with Crippen molar-refractivity contribution in [2.24, 2.45) is 0 Å². The van der Waals surface area contributed by atoms with E-state index in [4.69, 9.17) is 0 Å². The van der Waals surface area contributed by atoms with E-state index < -0.39 is 11.9 Å². The van der Waals surface area contributed by atoms with Crippen LogP contribution in [0.5, 0.6) is 0 Å². The maximum atomic E-state index is 13.4. The minimum atomic E-state index is -4.47. The van der Waals surface area contributed by atoms with Crippen molar-refractivity contribution in [2.45, 2.75) is 19.1 Å². The number of halogens is 5. The first-order valence-electron chi connectivity index (χ1n) is 9.45. The van der Waals surface area contributed by atoms with Gasteiger partial charge in [0.1, 0.15) is 17.3 Å². The van der Waals surface area contributed by atoms with Gasteiger partial charge in [0.15, 0.2) is 0 Å². The molecule has 1 saturated heterocycles. The van der Waals surface area contributed by atoms with E-state index in [1.807, 2.05) is 6.07 Å². The predicted molar refractivity (Wildman–Crippen MR) is 110 cm³/mol. The third-order valence-corrected chi connectivity index (χ3v) is 5.07. The molecule has 0 aliphatic carbocycles. The molecule has 0 spiro atoms. The molecule has 1 aliphatic heterocycles. The summed E-state index contributed by atoms with van der Waals surface area (Å²) in [6.45, 7) is 3.69. The second-order valence-corrected chi connectivity index (χ2v) is 7.14. The summed E-state index contributed by atoms with van der Waals surface area (Å²) in [6.07, 6.45) is -2.10. The lowest BCUT2D eigenvalue weighted by atomic mass is 10.2. The van der Waals surface area contributed by atoms with Gasteiger partial charge in [0, 0.05) is 44.3 Å². The third-order valence-electron chi connectivity index (χ3n) is 5.07. The van der Waals surface area contributed by atoms with Crippen molar-refractivity contribution in [3.05, 3.63) is 65.7 Å². The predicted octanol–water partition coefficient (Wildman–Crippen LogP) is 4.92. The van der Waals surface area contributed by atoms with Gasteiger partial charge in [-0.15, -0.1) is 12.4 Å². The van der Waals surface area contributed by atoms with Crippen LogP contribution in [-0.4, -0.2) is 41.0 Å². The van der Waals surface area contributed by atoms with Gasteiger partial charge in [0.05, 0.1) is 5.52 Å². The van der Waals surface area contributed by atoms with Crippen LogP contribution < -0.4 is 4.90 Å². The molecule has 2 aromatic heterocycles. The highest BCUT2D eigenvalue weighted by molar-refractivity contribution is 5.89. The van der Waals surface area contributed by atoms with Crippen molar-refractivity contribution in [3.63, 3.8) is 0 Å². The lowest BCUT2D eigenvalue weighted by molar-refractivity contribution is -0.140. The molecule has 9 heteroatoms. The van der Waals surface area contributed by atoms with E-state index in [0.29, 0.717) is 24.3 Å². The Balaban J connectivity index is 0.00000256. The van der Waals surface area contributed by atoms with Crippen LogP contribution >= 0.6 is 12.4 Å². The van der Waals surface area contributed by atoms with Crippen molar-refractivity contribution in [3.8, 4) is 0 Å². The fraction of sp³-hybridized carbons (Fsp3) is 0.333. The molecule has 0 amide bonds. The molecule has 0 unspecified atom stereocenters. The van der Waals surface area contributed by atoms with Gasteiger partial charge in [-0.1, -0.05) is 12.1 Å². The Morgan fingerprint density at radius 1 is 0.967 bits per heavy atom. The smallest absolute Gasteiger partial charge is 0.355 e. The molecule has 1 fully saturated rings. The molecule has 3 heterocycles. The van der Waals surface area contributed by atoms with E-state index in [1.54, 1.807) is 12.1 Å². The van der Waals surface area contributed by atoms with Crippen molar-refractivity contribution < 1.29 is 17.6 Å². The Morgan fingerprint density at radius 2 is 1.80 bits per heavy atom. The summed E-state index contributed by atoms with van der Waals surface area (Å²) in [4.78, 5) is 12.5. The molecule has 0 radical (unpaired) electrons. The Bertz CT molecular complexity index is 1010. The quantitative estimate of drug-likeness (QED) is 0.541. The number of hydrogen-bond acceptors (Lipinski definition) is 4. The van der Waals surface area contributed by atoms with Crippen molar-refractivity contribution in [1.29, 1.82) is 0 Å². The van der Waals surface area contributed by atoms with Gasteiger partial charge in [-0.25, -0.2) is 14.4 Å². The Labute approximate surface area is 177 Å². The first-order valence-corrected chi connectivity index (χ1v) is 9.45. The lowest BCUT2D eigenvalue weighted by Gasteiger charge is -2.24. The fourth-order valence-corrected chi connectivity index (χ4v) is 3.68. The van der Waals surface area contributed by atoms with Gasteiger partial charge in [0.25, 0.3) is 0 Å². The Kier molecular flexibility index (Phi) is 6.77. The molecule has 1 aromatic carbocycles. The summed E-state index contributed by atoms with van der Waals surface area (Å²) in [5, 5.41) is 0.610. The third kappa shape index (κ3) is 4.99. The number of rotatable bonds is 3. The summed E-state index contributed by atoms with van der Waals surface area (Å²) in [7, 11) is 0. The van der Waals surface area contributed by atoms with Crippen LogP contribution in [-0.2, 0) is 12.7 Å². The van der Waals surface area contributed by atoms with Gasteiger partial charge in [0.2, 0.25) is 0 Å². The molecule has 30 heavy (non-hydrogen) atoms. The van der Waals surface area contributed by atoms with Crippen LogP contribution in [0.25, 0.3) is 10.9 Å². The number of fused-ring (bicyclic) bond motifs is 1. The van der Waals surface area contributed by atoms with Crippen molar-refractivity contribution >= 4 is 29.1 Å². The van der Waals surface area contributed by atoms with Gasteiger partial charge >= 0.3 is 6.18 Å². The molecular formula is C21H21ClF4N4. The average molecular weight is 441 g/mol. The van der Waals surface area contributed by atoms with E-state index in [2.05, 4.69) is 19.8 Å². The standard InChI is InChI=1S/C21H20F4N4.ClH/c22-16-4-1-3-15(13-16)14-28-9-2-10-29(12-11-28)20-17-5-6-19(21(23,24)25)27-18(17)7-8-26-20;/h1,3-8,13H,2,9-12,14H2;1H. The van der Waals surface area contributed by atoms with E-state index >= 15 is 0 Å². The molecule has 160 valence electrons. The van der Waals surface area contributed by atoms with Gasteiger partial charge in [-0.2, -0.15) is 13.2 Å². The fourth-order valence-electron chi connectivity index (χ4n) is 3.68. The number of hydrogen-bond donors (Lipinski definition) is 0. The minimum Gasteiger partial charge on any atom is -0.355 e. The second kappa shape index (κ2) is 9.14. The van der Waals surface area contributed by atoms with Gasteiger partial charge in [-0.3, -0.25) is 4.90 Å². The van der Waals surface area contributed by atoms with Crippen LogP contribution in [0.3, 0.4) is 0 Å². The zero-order valence-electron chi connectivity index (χ0n) is 16.1. The van der Waals surface area contributed by atoms with Crippen LogP contribution in [0, 0.1) is 5.82 Å². The first-order chi connectivity index (χ1) is 13.9. The molecule has 4 nitrogen and oxygen atoms in total. The topological polar surface area (TPSA) is 32.3 Å². The number of pyridine rings is 2. The number of alkyl halides is 3. The summed E-state index contributed by atoms with van der Waals surface area (Å²) in [5.74, 6) is 0.404. The first kappa shape index (κ1) is 22.2. The zero-order valence-corrected chi connectivity index (χ0v) is 16.9. The Morgan fingerprint density at radius 3 is 2.57 bits per heavy atom. The maximum Gasteiger partial charge on any atom is 0.433 e. The van der Waals surface area contributed by atoms with E-state index in [-0.39, 0.29) is 23.7 Å². The monoisotopic (exact) mass is 440 g/mol. The van der Waals surface area contributed by atoms with Crippen LogP contribution in [0.2, 0.25) is 0 Å². The van der Waals surface area contributed by atoms with Crippen LogP contribution in [0.4, 0.5) is 23.4 Å². The molecule has 3 aromatic rings. The number of anilines is 1. The van der Waals surface area contributed by atoms with E-state index in [0.717, 1.165) is 37.7 Å². The number of aromatic nitrogens is 2. The highest BCUT2D eigenvalue weighted by Gasteiger charge is 2.32. The second-order valence-electron chi connectivity index (χ2n) is 7.14. The van der Waals surface area contributed by atoms with Crippen LogP contribution in [0.1, 0.15) is 17.7 Å². The lowest BCUT2D eigenvalue weighted by Crippen LogP contribution is -2.31. The van der Waals surface area contributed by atoms with Gasteiger partial charge in [-0.05, 0) is 42.3 Å². The van der Waals surface area contributed by atoms with Gasteiger partial charge < -0.3 is 4.90 Å². The van der Waals surface area contributed by atoms with Crippen molar-refractivity contribution in [1.82, 2.24) is 14.9 Å². The SMILES string of the molecule is Cl.Fc1cccc(CN2CCCN(c3nccc4nc(C(F)(F)F)ccc34)CC2)c1. The molecule has 4 rings (SSSR count). The normalized spacial score (nSPS) is 15.7. The summed E-state index contributed by atoms with van der Waals surface area (Å²) < 4.78 is 52.3. The largest absolute Gasteiger partial charge is 0.433 e. The van der Waals surface area contributed by atoms with Crippen molar-refractivity contribution in [2.75, 3.05) is 31.1 Å². The molecule has 0 bridgehead atoms. The molecule has 0 atom stereocenters. The molecule has 0 N–H and O–H groups in total. The Hall–Kier alpha value is -2.45. The summed E-state index contributed by atoms with van der Waals surface area (Å²) in [5.41, 5.74) is 0.301. The highest BCUT2D eigenvalue weighted by Crippen LogP contribution is 2.31.